The number of hydrogen-bond donors (Lipinski definition) is 0. The van der Waals surface area contributed by atoms with Crippen molar-refractivity contribution in [2.75, 3.05) is 14.2 Å². The lowest BCUT2D eigenvalue weighted by molar-refractivity contribution is -0.144. The molecule has 1 amide bonds. The monoisotopic (exact) mass is 503 g/mol. The van der Waals surface area contributed by atoms with Crippen molar-refractivity contribution in [2.45, 2.75) is 66.0 Å². The third kappa shape index (κ3) is 6.16. The Morgan fingerprint density at radius 3 is 2.32 bits per heavy atom. The molecule has 2 aromatic heterocycles. The third-order valence-electron chi connectivity index (χ3n) is 7.05. The smallest absolute Gasteiger partial charge is 0.307 e. The highest BCUT2D eigenvalue weighted by Gasteiger charge is 2.31. The molecule has 0 aliphatic heterocycles. The molecule has 3 rings (SSSR count). The summed E-state index contributed by atoms with van der Waals surface area (Å²) in [5.41, 5.74) is 6.56. The van der Waals surface area contributed by atoms with Crippen LogP contribution in [0.2, 0.25) is 0 Å². The third-order valence-corrected chi connectivity index (χ3v) is 7.05. The molecule has 0 aliphatic rings. The Balaban J connectivity index is 2.07. The van der Waals surface area contributed by atoms with Gasteiger partial charge in [0.15, 0.2) is 0 Å². The van der Waals surface area contributed by atoms with Crippen molar-refractivity contribution >= 4 is 11.9 Å². The molecule has 1 unspecified atom stereocenters. The zero-order chi connectivity index (χ0) is 27.3. The molecule has 0 fully saturated rings. The van der Waals surface area contributed by atoms with Crippen molar-refractivity contribution in [1.29, 1.82) is 0 Å². The standard InChI is InChI=1S/C30H37N3O4/c1-8-10-25(33-18-22(5)21(4)13-27(33)34)30(36)32(6)26(15-28(35)37-7)23-14-24(17-31-16-23)29-19(2)11-9-12-20(29)3/h9,11-14,16-18,25-26H,8,10,15H2,1-7H3/t25?,26-/m1/s1. The van der Waals surface area contributed by atoms with E-state index in [2.05, 4.69) is 4.98 Å². The van der Waals surface area contributed by atoms with E-state index in [9.17, 15) is 14.4 Å². The lowest BCUT2D eigenvalue weighted by atomic mass is 9.94. The van der Waals surface area contributed by atoms with Crippen LogP contribution in [0.15, 0.2) is 53.7 Å². The molecule has 0 aliphatic carbocycles. The van der Waals surface area contributed by atoms with Gasteiger partial charge in [0.2, 0.25) is 5.91 Å². The summed E-state index contributed by atoms with van der Waals surface area (Å²) < 4.78 is 6.49. The highest BCUT2D eigenvalue weighted by atomic mass is 16.5. The van der Waals surface area contributed by atoms with Crippen LogP contribution in [-0.2, 0) is 14.3 Å². The molecule has 2 atom stereocenters. The Bertz CT molecular complexity index is 1320. The minimum Gasteiger partial charge on any atom is -0.469 e. The van der Waals surface area contributed by atoms with Gasteiger partial charge in [-0.2, -0.15) is 0 Å². The molecule has 196 valence electrons. The van der Waals surface area contributed by atoms with E-state index in [1.165, 1.54) is 11.7 Å². The first-order valence-electron chi connectivity index (χ1n) is 12.6. The number of aryl methyl sites for hydroxylation is 4. The maximum absolute atomic E-state index is 13.9. The van der Waals surface area contributed by atoms with Crippen molar-refractivity contribution < 1.29 is 14.3 Å². The van der Waals surface area contributed by atoms with E-state index in [4.69, 9.17) is 4.74 Å². The average Bonchev–Trinajstić information content (AvgIpc) is 2.87. The zero-order valence-corrected chi connectivity index (χ0v) is 22.9. The van der Waals surface area contributed by atoms with Gasteiger partial charge in [0.1, 0.15) is 6.04 Å². The molecular weight excluding hydrogens is 466 g/mol. The lowest BCUT2D eigenvalue weighted by Gasteiger charge is -2.32. The molecule has 1 aromatic carbocycles. The first-order valence-corrected chi connectivity index (χ1v) is 12.6. The summed E-state index contributed by atoms with van der Waals surface area (Å²) in [4.78, 5) is 45.3. The van der Waals surface area contributed by atoms with Crippen LogP contribution >= 0.6 is 0 Å². The number of benzene rings is 1. The number of amides is 1. The predicted octanol–water partition coefficient (Wildman–Crippen LogP) is 5.25. The average molecular weight is 504 g/mol. The fourth-order valence-corrected chi connectivity index (χ4v) is 4.80. The summed E-state index contributed by atoms with van der Waals surface area (Å²) in [5.74, 6) is -0.670. The summed E-state index contributed by atoms with van der Waals surface area (Å²) in [6.07, 6.45) is 6.42. The highest BCUT2D eigenvalue weighted by Crippen LogP contribution is 2.32. The molecule has 7 heteroatoms. The number of ether oxygens (including phenoxy) is 1. The maximum Gasteiger partial charge on any atom is 0.307 e. The Labute approximate surface area is 219 Å². The molecule has 37 heavy (non-hydrogen) atoms. The van der Waals surface area contributed by atoms with Crippen LogP contribution in [-0.4, -0.2) is 40.5 Å². The number of likely N-dealkylation sites (N-methyl/N-ethyl adjacent to an activating group) is 1. The van der Waals surface area contributed by atoms with Gasteiger partial charge in [-0.25, -0.2) is 0 Å². The van der Waals surface area contributed by atoms with Gasteiger partial charge in [-0.3, -0.25) is 19.4 Å². The zero-order valence-electron chi connectivity index (χ0n) is 22.9. The number of rotatable bonds is 9. The van der Waals surface area contributed by atoms with E-state index >= 15 is 0 Å². The van der Waals surface area contributed by atoms with Crippen molar-refractivity contribution in [3.05, 3.63) is 87.1 Å². The normalized spacial score (nSPS) is 12.6. The van der Waals surface area contributed by atoms with E-state index in [0.29, 0.717) is 6.42 Å². The molecule has 0 saturated carbocycles. The minimum absolute atomic E-state index is 0.0305. The van der Waals surface area contributed by atoms with E-state index in [1.54, 1.807) is 36.6 Å². The van der Waals surface area contributed by atoms with Gasteiger partial charge in [-0.05, 0) is 73.6 Å². The van der Waals surface area contributed by atoms with E-state index in [-0.39, 0.29) is 17.9 Å². The molecule has 3 aromatic rings. The molecule has 0 radical (unpaired) electrons. The van der Waals surface area contributed by atoms with E-state index < -0.39 is 18.1 Å². The first-order chi connectivity index (χ1) is 17.6. The second-order valence-electron chi connectivity index (χ2n) is 9.71. The van der Waals surface area contributed by atoms with Crippen molar-refractivity contribution in [3.63, 3.8) is 0 Å². The molecule has 0 saturated heterocycles. The van der Waals surface area contributed by atoms with Crippen LogP contribution in [0.4, 0.5) is 0 Å². The molecule has 2 heterocycles. The Hall–Kier alpha value is -3.74. The Morgan fingerprint density at radius 1 is 1.03 bits per heavy atom. The number of nitrogens with zero attached hydrogens (tertiary/aromatic N) is 3. The summed E-state index contributed by atoms with van der Waals surface area (Å²) in [5, 5.41) is 0. The molecular formula is C30H37N3O4. The van der Waals surface area contributed by atoms with Crippen molar-refractivity contribution in [2.24, 2.45) is 0 Å². The van der Waals surface area contributed by atoms with Crippen LogP contribution in [0.1, 0.15) is 66.1 Å². The van der Waals surface area contributed by atoms with Gasteiger partial charge >= 0.3 is 5.97 Å². The molecule has 7 nitrogen and oxygen atoms in total. The van der Waals surface area contributed by atoms with Crippen LogP contribution in [0.25, 0.3) is 11.1 Å². The first kappa shape index (κ1) is 27.8. The van der Waals surface area contributed by atoms with Crippen molar-refractivity contribution in [3.8, 4) is 11.1 Å². The van der Waals surface area contributed by atoms with Crippen LogP contribution in [0.3, 0.4) is 0 Å². The topological polar surface area (TPSA) is 81.5 Å². The number of hydrogen-bond acceptors (Lipinski definition) is 5. The Kier molecular flexibility index (Phi) is 9.03. The number of pyridine rings is 2. The van der Waals surface area contributed by atoms with Crippen LogP contribution in [0, 0.1) is 27.7 Å². The molecule has 0 spiro atoms. The predicted molar refractivity (Wildman–Crippen MR) is 145 cm³/mol. The number of carbonyl (C=O) groups excluding carboxylic acids is 2. The highest BCUT2D eigenvalue weighted by molar-refractivity contribution is 5.82. The number of aromatic nitrogens is 2. The maximum atomic E-state index is 13.9. The minimum atomic E-state index is -0.684. The van der Waals surface area contributed by atoms with Gasteiger partial charge < -0.3 is 14.2 Å². The molecule has 0 N–H and O–H groups in total. The van der Waals surface area contributed by atoms with Gasteiger partial charge in [0.25, 0.3) is 5.56 Å². The van der Waals surface area contributed by atoms with Crippen LogP contribution < -0.4 is 5.56 Å². The SMILES string of the molecule is CCCC(C(=O)N(C)[C@H](CC(=O)OC)c1cncc(-c2c(C)cccc2C)c1)n1cc(C)c(C)cc1=O. The van der Waals surface area contributed by atoms with Gasteiger partial charge in [0.05, 0.1) is 19.6 Å². The summed E-state index contributed by atoms with van der Waals surface area (Å²) in [6, 6.07) is 8.36. The lowest BCUT2D eigenvalue weighted by Crippen LogP contribution is -2.41. The Morgan fingerprint density at radius 2 is 1.70 bits per heavy atom. The quantitative estimate of drug-likeness (QED) is 0.373. The number of esters is 1. The largest absolute Gasteiger partial charge is 0.469 e. The van der Waals surface area contributed by atoms with Gasteiger partial charge in [0, 0.05) is 37.3 Å². The van der Waals surface area contributed by atoms with Gasteiger partial charge in [-0.1, -0.05) is 31.5 Å². The van der Waals surface area contributed by atoms with Crippen molar-refractivity contribution in [1.82, 2.24) is 14.5 Å². The number of carbonyl (C=O) groups is 2. The van der Waals surface area contributed by atoms with Gasteiger partial charge in [-0.15, -0.1) is 0 Å². The number of methoxy groups -OCH3 is 1. The van der Waals surface area contributed by atoms with E-state index in [1.807, 2.05) is 58.9 Å². The fourth-order valence-electron chi connectivity index (χ4n) is 4.80. The summed E-state index contributed by atoms with van der Waals surface area (Å²) >= 11 is 0. The second-order valence-corrected chi connectivity index (χ2v) is 9.71. The van der Waals surface area contributed by atoms with Crippen LogP contribution in [0.5, 0.6) is 0 Å². The summed E-state index contributed by atoms with van der Waals surface area (Å²) in [6.45, 7) is 9.89. The van der Waals surface area contributed by atoms with E-state index in [0.717, 1.165) is 45.4 Å². The summed E-state index contributed by atoms with van der Waals surface area (Å²) in [7, 11) is 3.01. The fraction of sp³-hybridized carbons (Fsp3) is 0.400. The second kappa shape index (κ2) is 12.0. The molecule has 0 bridgehead atoms.